The zero-order valence-electron chi connectivity index (χ0n) is 19.1. The first-order valence-corrected chi connectivity index (χ1v) is 11.2. The maximum absolute atomic E-state index is 12.7. The van der Waals surface area contributed by atoms with Crippen molar-refractivity contribution < 1.29 is 9.53 Å². The van der Waals surface area contributed by atoms with Gasteiger partial charge in [0.05, 0.1) is 5.02 Å². The third-order valence-electron chi connectivity index (χ3n) is 4.67. The van der Waals surface area contributed by atoms with Gasteiger partial charge in [0.2, 0.25) is 5.91 Å². The first kappa shape index (κ1) is 25.0. The van der Waals surface area contributed by atoms with E-state index in [1.54, 1.807) is 18.2 Å². The second kappa shape index (κ2) is 10.1. The number of halogens is 2. The molecule has 0 saturated heterocycles. The largest absolute Gasteiger partial charge is 0.487 e. The lowest BCUT2D eigenvalue weighted by atomic mass is 9.88. The van der Waals surface area contributed by atoms with Gasteiger partial charge in [-0.1, -0.05) is 41.4 Å². The van der Waals surface area contributed by atoms with Gasteiger partial charge in [-0.2, -0.15) is 0 Å². The normalized spacial score (nSPS) is 12.0. The zero-order chi connectivity index (χ0) is 24.2. The average Bonchev–Trinajstić information content (AvgIpc) is 3.13. The molecule has 3 aromatic rings. The van der Waals surface area contributed by atoms with Gasteiger partial charge in [-0.15, -0.1) is 5.10 Å². The lowest BCUT2D eigenvalue weighted by molar-refractivity contribution is -0.123. The molecule has 33 heavy (non-hydrogen) atoms. The Morgan fingerprint density at radius 2 is 1.91 bits per heavy atom. The van der Waals surface area contributed by atoms with Gasteiger partial charge in [-0.05, 0) is 74.4 Å². The van der Waals surface area contributed by atoms with E-state index in [0.29, 0.717) is 34.6 Å². The number of hydrogen-bond acceptors (Lipinski definition) is 6. The Morgan fingerprint density at radius 1 is 1.15 bits per heavy atom. The number of carbonyl (C=O) groups excluding carboxylic acids is 1. The molecule has 3 N–H and O–H groups in total. The number of ether oxygens (including phenoxy) is 1. The molecule has 0 spiro atoms. The van der Waals surface area contributed by atoms with Gasteiger partial charge in [-0.25, -0.2) is 4.68 Å². The van der Waals surface area contributed by atoms with Crippen molar-refractivity contribution in [2.75, 3.05) is 0 Å². The summed E-state index contributed by atoms with van der Waals surface area (Å²) in [6.45, 7) is 8.01. The standard InChI is InChI=1S/C23H28Cl2N6O2/c1-22(2,26)14-23(3,4)27-20(32)12-31-21(28-29-30-31)16-7-5-6-15(10-16)13-33-19-9-8-17(24)11-18(19)25/h5-11H,12-14,26H2,1-4H3,(H,27,32). The summed E-state index contributed by atoms with van der Waals surface area (Å²) in [5, 5.41) is 15.8. The molecule has 3 rings (SSSR count). The summed E-state index contributed by atoms with van der Waals surface area (Å²) in [6, 6.07) is 12.7. The van der Waals surface area contributed by atoms with E-state index in [1.807, 2.05) is 52.0 Å². The Balaban J connectivity index is 1.69. The minimum absolute atomic E-state index is 0.0160. The number of aromatic nitrogens is 4. The van der Waals surface area contributed by atoms with Crippen molar-refractivity contribution in [1.29, 1.82) is 0 Å². The highest BCUT2D eigenvalue weighted by Gasteiger charge is 2.27. The summed E-state index contributed by atoms with van der Waals surface area (Å²) in [6.07, 6.45) is 0.619. The number of hydrogen-bond donors (Lipinski definition) is 2. The lowest BCUT2D eigenvalue weighted by Crippen LogP contribution is -2.51. The summed E-state index contributed by atoms with van der Waals surface area (Å²) in [5.41, 5.74) is 6.89. The molecule has 0 aliphatic heterocycles. The van der Waals surface area contributed by atoms with Crippen molar-refractivity contribution in [3.05, 3.63) is 58.1 Å². The van der Waals surface area contributed by atoms with Gasteiger partial charge in [0.25, 0.3) is 0 Å². The minimum atomic E-state index is -0.469. The van der Waals surface area contributed by atoms with Crippen LogP contribution in [-0.2, 0) is 17.9 Å². The van der Waals surface area contributed by atoms with Crippen LogP contribution in [0.2, 0.25) is 10.0 Å². The summed E-state index contributed by atoms with van der Waals surface area (Å²) in [7, 11) is 0. The second-order valence-corrected chi connectivity index (χ2v) is 10.2. The van der Waals surface area contributed by atoms with E-state index in [0.717, 1.165) is 11.1 Å². The molecule has 1 heterocycles. The van der Waals surface area contributed by atoms with Crippen LogP contribution in [0.5, 0.6) is 5.75 Å². The Kier molecular flexibility index (Phi) is 7.62. The van der Waals surface area contributed by atoms with E-state index in [4.69, 9.17) is 33.7 Å². The number of benzene rings is 2. The summed E-state index contributed by atoms with van der Waals surface area (Å²) in [4.78, 5) is 12.7. The Morgan fingerprint density at radius 3 is 2.61 bits per heavy atom. The molecule has 0 saturated carbocycles. The first-order chi connectivity index (χ1) is 15.4. The molecule has 1 aromatic heterocycles. The molecule has 0 bridgehead atoms. The van der Waals surface area contributed by atoms with Crippen LogP contribution in [0.15, 0.2) is 42.5 Å². The number of amides is 1. The van der Waals surface area contributed by atoms with Crippen LogP contribution >= 0.6 is 23.2 Å². The van der Waals surface area contributed by atoms with Crippen molar-refractivity contribution in [2.24, 2.45) is 5.73 Å². The number of nitrogens with one attached hydrogen (secondary N) is 1. The molecular formula is C23H28Cl2N6O2. The van der Waals surface area contributed by atoms with Gasteiger partial charge < -0.3 is 15.8 Å². The van der Waals surface area contributed by atoms with Gasteiger partial charge in [0, 0.05) is 21.7 Å². The zero-order valence-corrected chi connectivity index (χ0v) is 20.6. The van der Waals surface area contributed by atoms with E-state index >= 15 is 0 Å². The molecule has 176 valence electrons. The van der Waals surface area contributed by atoms with Crippen LogP contribution in [0.3, 0.4) is 0 Å². The first-order valence-electron chi connectivity index (χ1n) is 10.5. The monoisotopic (exact) mass is 490 g/mol. The van der Waals surface area contributed by atoms with Crippen LogP contribution < -0.4 is 15.8 Å². The SMILES string of the molecule is CC(C)(N)CC(C)(C)NC(=O)Cn1nnnc1-c1cccc(COc2ccc(Cl)cc2Cl)c1. The number of tetrazole rings is 1. The van der Waals surface area contributed by atoms with Gasteiger partial charge in [0.15, 0.2) is 5.82 Å². The Hall–Kier alpha value is -2.68. The van der Waals surface area contributed by atoms with Crippen molar-refractivity contribution in [2.45, 2.75) is 58.3 Å². The van der Waals surface area contributed by atoms with E-state index in [2.05, 4.69) is 20.8 Å². The molecule has 10 heteroatoms. The summed E-state index contributed by atoms with van der Waals surface area (Å²) >= 11 is 12.1. The fourth-order valence-corrected chi connectivity index (χ4v) is 4.27. The van der Waals surface area contributed by atoms with Crippen molar-refractivity contribution >= 4 is 29.1 Å². The Labute approximate surface area is 203 Å². The highest BCUT2D eigenvalue weighted by atomic mass is 35.5. The van der Waals surface area contributed by atoms with Gasteiger partial charge in [-0.3, -0.25) is 4.79 Å². The molecule has 0 radical (unpaired) electrons. The topological polar surface area (TPSA) is 108 Å². The maximum atomic E-state index is 12.7. The molecule has 0 aliphatic rings. The highest BCUT2D eigenvalue weighted by Crippen LogP contribution is 2.28. The maximum Gasteiger partial charge on any atom is 0.242 e. The van der Waals surface area contributed by atoms with E-state index < -0.39 is 11.1 Å². The van der Waals surface area contributed by atoms with Crippen LogP contribution in [0.4, 0.5) is 0 Å². The fourth-order valence-electron chi connectivity index (χ4n) is 3.81. The van der Waals surface area contributed by atoms with Crippen LogP contribution in [0.1, 0.15) is 39.7 Å². The quantitative estimate of drug-likeness (QED) is 0.464. The van der Waals surface area contributed by atoms with Gasteiger partial charge >= 0.3 is 0 Å². The number of rotatable bonds is 9. The third-order valence-corrected chi connectivity index (χ3v) is 5.20. The Bertz CT molecular complexity index is 1120. The summed E-state index contributed by atoms with van der Waals surface area (Å²) < 4.78 is 7.28. The minimum Gasteiger partial charge on any atom is -0.487 e. The van der Waals surface area contributed by atoms with Crippen LogP contribution in [0.25, 0.3) is 11.4 Å². The predicted molar refractivity (Wildman–Crippen MR) is 129 cm³/mol. The van der Waals surface area contributed by atoms with E-state index in [1.165, 1.54) is 4.68 Å². The van der Waals surface area contributed by atoms with Gasteiger partial charge in [0.1, 0.15) is 18.9 Å². The summed E-state index contributed by atoms with van der Waals surface area (Å²) in [5.74, 6) is 0.819. The van der Waals surface area contributed by atoms with E-state index in [-0.39, 0.29) is 12.5 Å². The third kappa shape index (κ3) is 7.42. The van der Waals surface area contributed by atoms with Crippen molar-refractivity contribution in [1.82, 2.24) is 25.5 Å². The smallest absolute Gasteiger partial charge is 0.242 e. The molecule has 8 nitrogen and oxygen atoms in total. The molecule has 1 amide bonds. The lowest BCUT2D eigenvalue weighted by Gasteiger charge is -2.33. The molecule has 2 aromatic carbocycles. The molecule has 0 aliphatic carbocycles. The number of nitrogens with zero attached hydrogens (tertiary/aromatic N) is 4. The number of carbonyl (C=O) groups is 1. The second-order valence-electron chi connectivity index (χ2n) is 9.32. The molecule has 0 atom stereocenters. The fraction of sp³-hybridized carbons (Fsp3) is 0.391. The van der Waals surface area contributed by atoms with Crippen LogP contribution in [0, 0.1) is 0 Å². The van der Waals surface area contributed by atoms with Crippen molar-refractivity contribution in [3.8, 4) is 17.1 Å². The molecular weight excluding hydrogens is 463 g/mol. The average molecular weight is 491 g/mol. The van der Waals surface area contributed by atoms with Crippen LogP contribution in [-0.4, -0.2) is 37.2 Å². The van der Waals surface area contributed by atoms with Crippen molar-refractivity contribution in [3.63, 3.8) is 0 Å². The molecule has 0 unspecified atom stereocenters. The molecule has 0 fully saturated rings. The number of nitrogens with two attached hydrogens (primary N) is 1. The highest BCUT2D eigenvalue weighted by molar-refractivity contribution is 6.35. The van der Waals surface area contributed by atoms with E-state index in [9.17, 15) is 4.79 Å². The predicted octanol–water partition coefficient (Wildman–Crippen LogP) is 4.25.